The quantitative estimate of drug-likeness (QED) is 0.573. The van der Waals surface area contributed by atoms with Crippen LogP contribution in [0.15, 0.2) is 0 Å². The molecule has 0 bridgehead atoms. The van der Waals surface area contributed by atoms with Crippen LogP contribution in [0.1, 0.15) is 47.5 Å². The molecule has 0 aliphatic carbocycles. The van der Waals surface area contributed by atoms with E-state index in [4.69, 9.17) is 13.3 Å². The second kappa shape index (κ2) is 8.27. The Morgan fingerprint density at radius 1 is 0.867 bits per heavy atom. The van der Waals surface area contributed by atoms with E-state index in [9.17, 15) is 0 Å². The fourth-order valence-corrected chi connectivity index (χ4v) is 4.72. The molecule has 15 heavy (non-hydrogen) atoms. The fraction of sp³-hybridized carbons (Fsp3) is 1.00. The summed E-state index contributed by atoms with van der Waals surface area (Å²) in [6.07, 6.45) is 2.25. The Morgan fingerprint density at radius 3 is 1.53 bits per heavy atom. The van der Waals surface area contributed by atoms with Crippen molar-refractivity contribution in [3.63, 3.8) is 0 Å². The van der Waals surface area contributed by atoms with Gasteiger partial charge in [-0.3, -0.25) is 0 Å². The Balaban J connectivity index is 4.57. The first-order chi connectivity index (χ1) is 7.16. The monoisotopic (exact) mass is 234 g/mol. The zero-order valence-electron chi connectivity index (χ0n) is 10.8. The van der Waals surface area contributed by atoms with Crippen LogP contribution >= 0.6 is 0 Å². The van der Waals surface area contributed by atoms with Crippen LogP contribution in [-0.4, -0.2) is 28.6 Å². The summed E-state index contributed by atoms with van der Waals surface area (Å²) in [5.41, 5.74) is 0.391. The van der Waals surface area contributed by atoms with E-state index < -0.39 is 8.80 Å². The van der Waals surface area contributed by atoms with E-state index in [2.05, 4.69) is 13.8 Å². The summed E-state index contributed by atoms with van der Waals surface area (Å²) in [6.45, 7) is 12.4. The van der Waals surface area contributed by atoms with Crippen LogP contribution in [0.4, 0.5) is 0 Å². The molecule has 0 aliphatic rings. The summed E-state index contributed by atoms with van der Waals surface area (Å²) in [7, 11) is -2.42. The molecular weight excluding hydrogens is 208 g/mol. The molecule has 3 nitrogen and oxygen atoms in total. The number of hydrogen-bond donors (Lipinski definition) is 0. The molecule has 0 amide bonds. The van der Waals surface area contributed by atoms with Gasteiger partial charge >= 0.3 is 8.80 Å². The summed E-state index contributed by atoms with van der Waals surface area (Å²) in [4.78, 5) is 0. The first-order valence-corrected chi connectivity index (χ1v) is 7.88. The second-order valence-electron chi connectivity index (χ2n) is 3.59. The van der Waals surface area contributed by atoms with Gasteiger partial charge < -0.3 is 13.3 Å². The minimum absolute atomic E-state index is 0.391. The lowest BCUT2D eigenvalue weighted by Crippen LogP contribution is -2.49. The van der Waals surface area contributed by atoms with Crippen molar-refractivity contribution in [2.45, 2.75) is 53.0 Å². The predicted molar refractivity (Wildman–Crippen MR) is 65.0 cm³/mol. The summed E-state index contributed by atoms with van der Waals surface area (Å²) in [6, 6.07) is 0. The Kier molecular flexibility index (Phi) is 8.33. The summed E-state index contributed by atoms with van der Waals surface area (Å²) in [5, 5.41) is 0. The average Bonchev–Trinajstić information content (AvgIpc) is 2.19. The lowest BCUT2D eigenvalue weighted by molar-refractivity contribution is 0.0614. The van der Waals surface area contributed by atoms with Gasteiger partial charge in [-0.05, 0) is 27.2 Å². The Labute approximate surface area is 95.5 Å². The first-order valence-electron chi connectivity index (χ1n) is 6.08. The second-order valence-corrected chi connectivity index (χ2v) is 6.65. The van der Waals surface area contributed by atoms with E-state index in [0.29, 0.717) is 25.4 Å². The van der Waals surface area contributed by atoms with E-state index in [1.165, 1.54) is 0 Å². The molecule has 92 valence electrons. The largest absolute Gasteiger partial charge is 0.503 e. The van der Waals surface area contributed by atoms with Gasteiger partial charge in [-0.1, -0.05) is 20.3 Å². The SMILES string of the molecule is CCCC(C)[Si](OCC)(OCC)OCC. The van der Waals surface area contributed by atoms with Crippen LogP contribution in [0.25, 0.3) is 0 Å². The molecule has 0 aromatic rings. The van der Waals surface area contributed by atoms with Gasteiger partial charge in [0, 0.05) is 25.4 Å². The highest BCUT2D eigenvalue weighted by Crippen LogP contribution is 2.29. The maximum absolute atomic E-state index is 5.82. The van der Waals surface area contributed by atoms with Crippen LogP contribution in [0.3, 0.4) is 0 Å². The molecule has 0 saturated heterocycles. The third-order valence-electron chi connectivity index (χ3n) is 2.36. The molecule has 1 unspecified atom stereocenters. The lowest BCUT2D eigenvalue weighted by atomic mass is 10.3. The highest BCUT2D eigenvalue weighted by Gasteiger charge is 2.45. The van der Waals surface area contributed by atoms with E-state index >= 15 is 0 Å². The number of hydrogen-bond acceptors (Lipinski definition) is 3. The standard InChI is InChI=1S/C11H26O3Si/c1-6-10-11(5)15(12-7-2,13-8-3)14-9-4/h11H,6-10H2,1-5H3. The molecule has 0 spiro atoms. The lowest BCUT2D eigenvalue weighted by Gasteiger charge is -2.33. The van der Waals surface area contributed by atoms with Crippen molar-refractivity contribution in [3.8, 4) is 0 Å². The molecule has 4 heteroatoms. The number of rotatable bonds is 9. The van der Waals surface area contributed by atoms with Crippen LogP contribution < -0.4 is 0 Å². The maximum atomic E-state index is 5.82. The third kappa shape index (κ3) is 4.63. The molecular formula is C11H26O3Si. The first kappa shape index (κ1) is 15.1. The van der Waals surface area contributed by atoms with Gasteiger partial charge in [-0.15, -0.1) is 0 Å². The van der Waals surface area contributed by atoms with Crippen molar-refractivity contribution >= 4 is 8.80 Å². The van der Waals surface area contributed by atoms with Gasteiger partial charge in [0.25, 0.3) is 0 Å². The Hall–Kier alpha value is 0.0969. The van der Waals surface area contributed by atoms with Crippen molar-refractivity contribution in [2.75, 3.05) is 19.8 Å². The van der Waals surface area contributed by atoms with Gasteiger partial charge in [0.05, 0.1) is 0 Å². The van der Waals surface area contributed by atoms with Crippen molar-refractivity contribution in [2.24, 2.45) is 0 Å². The molecule has 0 aliphatic heterocycles. The average molecular weight is 234 g/mol. The van der Waals surface area contributed by atoms with Crippen molar-refractivity contribution in [3.05, 3.63) is 0 Å². The summed E-state index contributed by atoms with van der Waals surface area (Å²) < 4.78 is 17.5. The van der Waals surface area contributed by atoms with E-state index in [-0.39, 0.29) is 0 Å². The summed E-state index contributed by atoms with van der Waals surface area (Å²) in [5.74, 6) is 0. The molecule has 0 radical (unpaired) electrons. The van der Waals surface area contributed by atoms with E-state index in [1.54, 1.807) is 0 Å². The molecule has 0 aromatic heterocycles. The molecule has 0 fully saturated rings. The minimum atomic E-state index is -2.42. The Bertz CT molecular complexity index is 136. The molecule has 0 N–H and O–H groups in total. The van der Waals surface area contributed by atoms with Crippen LogP contribution in [0.2, 0.25) is 5.54 Å². The van der Waals surface area contributed by atoms with E-state index in [0.717, 1.165) is 12.8 Å². The zero-order valence-corrected chi connectivity index (χ0v) is 11.8. The van der Waals surface area contributed by atoms with E-state index in [1.807, 2.05) is 20.8 Å². The zero-order chi connectivity index (χ0) is 11.7. The molecule has 0 saturated carbocycles. The van der Waals surface area contributed by atoms with Gasteiger partial charge in [0.1, 0.15) is 0 Å². The molecule has 0 rings (SSSR count). The maximum Gasteiger partial charge on any atom is 0.503 e. The predicted octanol–water partition coefficient (Wildman–Crippen LogP) is 3.23. The fourth-order valence-electron chi connectivity index (χ4n) is 1.77. The highest BCUT2D eigenvalue weighted by atomic mass is 28.4. The molecule has 0 aromatic carbocycles. The molecule has 1 atom stereocenters. The highest BCUT2D eigenvalue weighted by molar-refractivity contribution is 6.62. The van der Waals surface area contributed by atoms with Crippen molar-refractivity contribution in [1.29, 1.82) is 0 Å². The van der Waals surface area contributed by atoms with Crippen LogP contribution in [0, 0.1) is 0 Å². The van der Waals surface area contributed by atoms with Crippen molar-refractivity contribution < 1.29 is 13.3 Å². The molecule has 0 heterocycles. The topological polar surface area (TPSA) is 27.7 Å². The van der Waals surface area contributed by atoms with Gasteiger partial charge in [-0.25, -0.2) is 0 Å². The van der Waals surface area contributed by atoms with Crippen LogP contribution in [-0.2, 0) is 13.3 Å². The smallest absolute Gasteiger partial charge is 0.374 e. The third-order valence-corrected chi connectivity index (χ3v) is 5.93. The minimum Gasteiger partial charge on any atom is -0.374 e. The Morgan fingerprint density at radius 2 is 1.27 bits per heavy atom. The van der Waals surface area contributed by atoms with Crippen LogP contribution in [0.5, 0.6) is 0 Å². The normalized spacial score (nSPS) is 14.2. The summed E-state index contributed by atoms with van der Waals surface area (Å²) >= 11 is 0. The van der Waals surface area contributed by atoms with Gasteiger partial charge in [0.15, 0.2) is 0 Å². The van der Waals surface area contributed by atoms with Gasteiger partial charge in [0.2, 0.25) is 0 Å². The van der Waals surface area contributed by atoms with Crippen molar-refractivity contribution in [1.82, 2.24) is 0 Å². The van der Waals surface area contributed by atoms with Gasteiger partial charge in [-0.2, -0.15) is 0 Å².